The molecule has 4 nitrogen and oxygen atoms in total. The number of aliphatic hydroxyl groups is 1. The average Bonchev–Trinajstić information content (AvgIpc) is 2.28. The smallest absolute Gasteiger partial charge is 0.338 e. The maximum absolute atomic E-state index is 11.9. The molecule has 94 valence electrons. The first-order valence-electron chi connectivity index (χ1n) is 5.12. The molecule has 1 N–H and O–H groups in total. The fourth-order valence-electron chi connectivity index (χ4n) is 1.31. The molecule has 0 fully saturated rings. The van der Waals surface area contributed by atoms with Crippen LogP contribution in [-0.2, 0) is 20.3 Å². The van der Waals surface area contributed by atoms with Crippen molar-refractivity contribution in [2.75, 3.05) is 12.9 Å². The first-order valence-corrected chi connectivity index (χ1v) is 6.44. The van der Waals surface area contributed by atoms with Crippen LogP contribution in [0.15, 0.2) is 29.2 Å². The molecule has 0 aliphatic carbocycles. The van der Waals surface area contributed by atoms with Crippen LogP contribution in [0.25, 0.3) is 0 Å². The number of methoxy groups -OCH3 is 1. The van der Waals surface area contributed by atoms with Gasteiger partial charge in [0, 0.05) is 4.90 Å². The SMILES string of the molecule is COC(=O)[C@@](C)(O)C[S@](=O)c1ccc(C)cc1. The minimum atomic E-state index is -1.73. The number of hydrogen-bond donors (Lipinski definition) is 1. The Morgan fingerprint density at radius 1 is 1.41 bits per heavy atom. The molecule has 0 bridgehead atoms. The molecule has 2 atom stereocenters. The van der Waals surface area contributed by atoms with E-state index in [0.29, 0.717) is 4.90 Å². The van der Waals surface area contributed by atoms with Gasteiger partial charge in [0.2, 0.25) is 0 Å². The van der Waals surface area contributed by atoms with E-state index in [1.54, 1.807) is 12.1 Å². The molecule has 0 aliphatic heterocycles. The number of hydrogen-bond acceptors (Lipinski definition) is 4. The lowest BCUT2D eigenvalue weighted by Crippen LogP contribution is -2.41. The molecule has 1 aromatic carbocycles. The summed E-state index contributed by atoms with van der Waals surface area (Å²) in [5.41, 5.74) is -0.671. The number of benzene rings is 1. The molecule has 0 radical (unpaired) electrons. The van der Waals surface area contributed by atoms with E-state index in [0.717, 1.165) is 5.56 Å². The molecule has 0 saturated heterocycles. The van der Waals surface area contributed by atoms with Gasteiger partial charge in [0.1, 0.15) is 0 Å². The maximum atomic E-state index is 11.9. The number of rotatable bonds is 4. The van der Waals surface area contributed by atoms with Crippen molar-refractivity contribution >= 4 is 16.8 Å². The van der Waals surface area contributed by atoms with Crippen LogP contribution in [0, 0.1) is 6.92 Å². The van der Waals surface area contributed by atoms with Crippen molar-refractivity contribution in [3.63, 3.8) is 0 Å². The fourth-order valence-corrected chi connectivity index (χ4v) is 2.54. The normalized spacial score (nSPS) is 16.0. The predicted octanol–water partition coefficient (Wildman–Crippen LogP) is 1.03. The molecule has 0 amide bonds. The van der Waals surface area contributed by atoms with Gasteiger partial charge in [0.15, 0.2) is 5.60 Å². The zero-order valence-electron chi connectivity index (χ0n) is 10.1. The second-order valence-electron chi connectivity index (χ2n) is 4.07. The van der Waals surface area contributed by atoms with Crippen LogP contribution in [0.1, 0.15) is 12.5 Å². The van der Waals surface area contributed by atoms with Crippen molar-refractivity contribution in [1.29, 1.82) is 0 Å². The highest BCUT2D eigenvalue weighted by atomic mass is 32.2. The zero-order valence-corrected chi connectivity index (χ0v) is 10.9. The summed E-state index contributed by atoms with van der Waals surface area (Å²) >= 11 is 0. The lowest BCUT2D eigenvalue weighted by molar-refractivity contribution is -0.158. The van der Waals surface area contributed by atoms with E-state index in [2.05, 4.69) is 4.74 Å². The largest absolute Gasteiger partial charge is 0.467 e. The molecule has 17 heavy (non-hydrogen) atoms. The number of ether oxygens (including phenoxy) is 1. The lowest BCUT2D eigenvalue weighted by Gasteiger charge is -2.19. The first kappa shape index (κ1) is 13.9. The van der Waals surface area contributed by atoms with Gasteiger partial charge in [0.25, 0.3) is 0 Å². The minimum absolute atomic E-state index is 0.178. The van der Waals surface area contributed by atoms with Crippen molar-refractivity contribution in [2.24, 2.45) is 0 Å². The van der Waals surface area contributed by atoms with Crippen molar-refractivity contribution in [2.45, 2.75) is 24.3 Å². The third-order valence-corrected chi connectivity index (χ3v) is 3.94. The van der Waals surface area contributed by atoms with E-state index in [1.807, 2.05) is 19.1 Å². The van der Waals surface area contributed by atoms with Gasteiger partial charge in [-0.2, -0.15) is 0 Å². The summed E-state index contributed by atoms with van der Waals surface area (Å²) < 4.78 is 16.4. The molecular weight excluding hydrogens is 240 g/mol. The highest BCUT2D eigenvalue weighted by Gasteiger charge is 2.33. The van der Waals surface area contributed by atoms with Gasteiger partial charge < -0.3 is 9.84 Å². The molecule has 1 rings (SSSR count). The third kappa shape index (κ3) is 3.64. The molecule has 0 aromatic heterocycles. The van der Waals surface area contributed by atoms with Crippen molar-refractivity contribution in [3.05, 3.63) is 29.8 Å². The van der Waals surface area contributed by atoms with Crippen LogP contribution in [0.5, 0.6) is 0 Å². The summed E-state index contributed by atoms with van der Waals surface area (Å²) in [6, 6.07) is 7.11. The van der Waals surface area contributed by atoms with Gasteiger partial charge in [-0.25, -0.2) is 4.79 Å². The van der Waals surface area contributed by atoms with Crippen LogP contribution >= 0.6 is 0 Å². The van der Waals surface area contributed by atoms with Gasteiger partial charge in [-0.15, -0.1) is 0 Å². The number of carbonyl (C=O) groups is 1. The summed E-state index contributed by atoms with van der Waals surface area (Å²) in [7, 11) is -0.248. The zero-order chi connectivity index (χ0) is 13.1. The van der Waals surface area contributed by atoms with Crippen LogP contribution in [0.3, 0.4) is 0 Å². The Labute approximate surface area is 103 Å². The van der Waals surface area contributed by atoms with Gasteiger partial charge in [-0.05, 0) is 26.0 Å². The summed E-state index contributed by atoms with van der Waals surface area (Å²) in [5.74, 6) is -0.958. The summed E-state index contributed by atoms with van der Waals surface area (Å²) in [5, 5.41) is 9.80. The topological polar surface area (TPSA) is 63.6 Å². The molecule has 0 heterocycles. The predicted molar refractivity (Wildman–Crippen MR) is 65.1 cm³/mol. The summed E-state index contributed by atoms with van der Waals surface area (Å²) in [6.07, 6.45) is 0. The van der Waals surface area contributed by atoms with E-state index >= 15 is 0 Å². The Morgan fingerprint density at radius 2 is 1.94 bits per heavy atom. The summed E-state index contributed by atoms with van der Waals surface area (Å²) in [6.45, 7) is 3.22. The summed E-state index contributed by atoms with van der Waals surface area (Å²) in [4.78, 5) is 11.8. The highest BCUT2D eigenvalue weighted by molar-refractivity contribution is 7.85. The maximum Gasteiger partial charge on any atom is 0.338 e. The quantitative estimate of drug-likeness (QED) is 0.817. The number of aryl methyl sites for hydroxylation is 1. The van der Waals surface area contributed by atoms with E-state index in [4.69, 9.17) is 0 Å². The third-order valence-electron chi connectivity index (χ3n) is 2.32. The van der Waals surface area contributed by atoms with Crippen LogP contribution in [0.2, 0.25) is 0 Å². The van der Waals surface area contributed by atoms with E-state index in [9.17, 15) is 14.1 Å². The highest BCUT2D eigenvalue weighted by Crippen LogP contribution is 2.15. The van der Waals surface area contributed by atoms with E-state index in [1.165, 1.54) is 14.0 Å². The Balaban J connectivity index is 2.79. The standard InChI is InChI=1S/C12H16O4S/c1-9-4-6-10(7-5-9)17(15)8-12(2,14)11(13)16-3/h4-7,14H,8H2,1-3H3/t12-,17-/m0/s1. The number of carbonyl (C=O) groups excluding carboxylic acids is 1. The lowest BCUT2D eigenvalue weighted by atomic mass is 10.1. The van der Waals surface area contributed by atoms with Crippen molar-refractivity contribution in [1.82, 2.24) is 0 Å². The molecule has 0 saturated carbocycles. The van der Waals surface area contributed by atoms with Gasteiger partial charge >= 0.3 is 5.97 Å². The fraction of sp³-hybridized carbons (Fsp3) is 0.417. The second kappa shape index (κ2) is 5.42. The van der Waals surface area contributed by atoms with E-state index in [-0.39, 0.29) is 5.75 Å². The molecule has 0 unspecified atom stereocenters. The Morgan fingerprint density at radius 3 is 2.41 bits per heavy atom. The Bertz CT molecular complexity index is 423. The molecule has 1 aromatic rings. The Kier molecular flexibility index (Phi) is 4.42. The van der Waals surface area contributed by atoms with Crippen molar-refractivity contribution in [3.8, 4) is 0 Å². The average molecular weight is 256 g/mol. The molecule has 0 spiro atoms. The monoisotopic (exact) mass is 256 g/mol. The molecule has 0 aliphatic rings. The van der Waals surface area contributed by atoms with Crippen molar-refractivity contribution < 1.29 is 18.8 Å². The van der Waals surface area contributed by atoms with Crippen LogP contribution < -0.4 is 0 Å². The minimum Gasteiger partial charge on any atom is -0.467 e. The van der Waals surface area contributed by atoms with Gasteiger partial charge in [-0.1, -0.05) is 17.7 Å². The Hall–Kier alpha value is -1.20. The van der Waals surface area contributed by atoms with Crippen LogP contribution in [-0.4, -0.2) is 33.7 Å². The van der Waals surface area contributed by atoms with E-state index < -0.39 is 22.4 Å². The number of esters is 1. The van der Waals surface area contributed by atoms with Gasteiger partial charge in [-0.3, -0.25) is 4.21 Å². The molecule has 5 heteroatoms. The van der Waals surface area contributed by atoms with Gasteiger partial charge in [0.05, 0.1) is 23.7 Å². The second-order valence-corrected chi connectivity index (χ2v) is 5.52. The molecular formula is C12H16O4S. The van der Waals surface area contributed by atoms with Crippen LogP contribution in [0.4, 0.5) is 0 Å². The first-order chi connectivity index (χ1) is 7.86.